The van der Waals surface area contributed by atoms with Crippen LogP contribution in [0.5, 0.6) is 0 Å². The van der Waals surface area contributed by atoms with Gasteiger partial charge in [0.15, 0.2) is 5.17 Å². The van der Waals surface area contributed by atoms with Crippen molar-refractivity contribution in [3.8, 4) is 0 Å². The van der Waals surface area contributed by atoms with E-state index in [0.29, 0.717) is 21.0 Å². The van der Waals surface area contributed by atoms with Gasteiger partial charge in [0, 0.05) is 24.2 Å². The Hall–Kier alpha value is -2.42. The van der Waals surface area contributed by atoms with Crippen molar-refractivity contribution >= 4 is 72.7 Å². The minimum absolute atomic E-state index is 0.0643. The number of nitrogens with zero attached hydrogens (tertiary/aromatic N) is 3. The number of fused-ring (bicyclic) bond motifs is 1. The zero-order valence-corrected chi connectivity index (χ0v) is 18.1. The molecule has 148 valence electrons. The largest absolute Gasteiger partial charge is 0.326 e. The standard InChI is InChI=1S/C20H17ClN4O2S2/c1-11-9-12(21)7-8-13(11)22-17(26)10-16-18(27)25(2)20(29-16)24-19-23-14-5-3-4-6-15(14)28-19/h3-9,16H,10H2,1-2H3,(H,22,26)/t16-/m0/s1. The fraction of sp³-hybridized carbons (Fsp3) is 0.200. The molecule has 6 nitrogen and oxygen atoms in total. The molecule has 4 rings (SSSR count). The monoisotopic (exact) mass is 444 g/mol. The first-order valence-corrected chi connectivity index (χ1v) is 10.9. The molecule has 29 heavy (non-hydrogen) atoms. The molecule has 0 aliphatic carbocycles. The topological polar surface area (TPSA) is 74.7 Å². The van der Waals surface area contributed by atoms with Gasteiger partial charge in [0.1, 0.15) is 5.25 Å². The van der Waals surface area contributed by atoms with Crippen LogP contribution in [0.4, 0.5) is 10.8 Å². The van der Waals surface area contributed by atoms with Crippen LogP contribution in [0.15, 0.2) is 47.5 Å². The summed E-state index contributed by atoms with van der Waals surface area (Å²) in [5.41, 5.74) is 2.43. The molecule has 2 aromatic carbocycles. The van der Waals surface area contributed by atoms with E-state index in [4.69, 9.17) is 11.6 Å². The van der Waals surface area contributed by atoms with Crippen molar-refractivity contribution < 1.29 is 9.59 Å². The number of thiazole rings is 1. The van der Waals surface area contributed by atoms with E-state index in [1.807, 2.05) is 31.2 Å². The fourth-order valence-electron chi connectivity index (χ4n) is 2.92. The number of hydrogen-bond acceptors (Lipinski definition) is 6. The molecule has 1 aliphatic heterocycles. The average molecular weight is 445 g/mol. The van der Waals surface area contributed by atoms with Crippen molar-refractivity contribution in [2.45, 2.75) is 18.6 Å². The zero-order chi connectivity index (χ0) is 20.5. The molecule has 2 amide bonds. The second-order valence-electron chi connectivity index (χ2n) is 6.57. The third-order valence-electron chi connectivity index (χ3n) is 4.45. The van der Waals surface area contributed by atoms with E-state index in [1.165, 1.54) is 28.0 Å². The summed E-state index contributed by atoms with van der Waals surface area (Å²) in [5, 5.41) is 4.09. The smallest absolute Gasteiger partial charge is 0.242 e. The number of aliphatic imine (C=N–C) groups is 1. The maximum absolute atomic E-state index is 12.6. The van der Waals surface area contributed by atoms with Crippen LogP contribution in [-0.4, -0.2) is 39.2 Å². The minimum atomic E-state index is -0.513. The first kappa shape index (κ1) is 19.9. The van der Waals surface area contributed by atoms with Crippen LogP contribution >= 0.6 is 34.7 Å². The van der Waals surface area contributed by atoms with Crippen LogP contribution < -0.4 is 5.32 Å². The molecule has 1 atom stereocenters. The maximum atomic E-state index is 12.6. The van der Waals surface area contributed by atoms with Gasteiger partial charge in [-0.1, -0.05) is 46.8 Å². The number of aromatic nitrogens is 1. The number of benzene rings is 2. The van der Waals surface area contributed by atoms with Gasteiger partial charge in [-0.3, -0.25) is 14.5 Å². The average Bonchev–Trinajstić information content (AvgIpc) is 3.20. The highest BCUT2D eigenvalue weighted by atomic mass is 35.5. The lowest BCUT2D eigenvalue weighted by molar-refractivity contribution is -0.127. The number of amides is 2. The van der Waals surface area contributed by atoms with E-state index < -0.39 is 5.25 Å². The fourth-order valence-corrected chi connectivity index (χ4v) is 5.18. The Kier molecular flexibility index (Phi) is 5.58. The van der Waals surface area contributed by atoms with Gasteiger partial charge in [0.25, 0.3) is 0 Å². The molecule has 3 aromatic rings. The molecule has 0 spiro atoms. The van der Waals surface area contributed by atoms with Gasteiger partial charge in [-0.25, -0.2) is 4.98 Å². The Morgan fingerprint density at radius 3 is 2.86 bits per heavy atom. The van der Waals surface area contributed by atoms with Crippen LogP contribution in [0.25, 0.3) is 10.2 Å². The van der Waals surface area contributed by atoms with Gasteiger partial charge < -0.3 is 5.32 Å². The normalized spacial score (nSPS) is 18.0. The summed E-state index contributed by atoms with van der Waals surface area (Å²) >= 11 is 8.71. The van der Waals surface area contributed by atoms with Gasteiger partial charge in [0.05, 0.1) is 10.2 Å². The van der Waals surface area contributed by atoms with E-state index in [0.717, 1.165) is 15.8 Å². The highest BCUT2D eigenvalue weighted by Gasteiger charge is 2.37. The van der Waals surface area contributed by atoms with Crippen molar-refractivity contribution in [2.24, 2.45) is 4.99 Å². The summed E-state index contributed by atoms with van der Waals surface area (Å²) in [5.74, 6) is -0.367. The molecule has 1 saturated heterocycles. The number of nitrogens with one attached hydrogen (secondary N) is 1. The van der Waals surface area contributed by atoms with Gasteiger partial charge in [-0.2, -0.15) is 4.99 Å². The molecule has 9 heteroatoms. The SMILES string of the molecule is Cc1cc(Cl)ccc1NC(=O)C[C@@H]1SC(=Nc2nc3ccccc3s2)N(C)C1=O. The quantitative estimate of drug-likeness (QED) is 0.624. The highest BCUT2D eigenvalue weighted by Crippen LogP contribution is 2.34. The Balaban J connectivity index is 1.46. The van der Waals surface area contributed by atoms with Crippen molar-refractivity contribution in [2.75, 3.05) is 12.4 Å². The highest BCUT2D eigenvalue weighted by molar-refractivity contribution is 8.15. The van der Waals surface area contributed by atoms with Crippen molar-refractivity contribution in [3.63, 3.8) is 0 Å². The summed E-state index contributed by atoms with van der Waals surface area (Å²) in [6, 6.07) is 13.0. The first-order valence-electron chi connectivity index (χ1n) is 8.85. The maximum Gasteiger partial charge on any atom is 0.242 e. The Labute approximate surface area is 181 Å². The van der Waals surface area contributed by atoms with E-state index >= 15 is 0 Å². The van der Waals surface area contributed by atoms with Crippen LogP contribution in [-0.2, 0) is 9.59 Å². The van der Waals surface area contributed by atoms with Crippen molar-refractivity contribution in [1.29, 1.82) is 0 Å². The van der Waals surface area contributed by atoms with Gasteiger partial charge in [-0.15, -0.1) is 0 Å². The molecule has 1 aromatic heterocycles. The molecule has 2 heterocycles. The molecule has 1 fully saturated rings. The first-order chi connectivity index (χ1) is 13.9. The molecular weight excluding hydrogens is 428 g/mol. The van der Waals surface area contributed by atoms with E-state index in [2.05, 4.69) is 15.3 Å². The number of hydrogen-bond donors (Lipinski definition) is 1. The number of anilines is 1. The molecule has 0 saturated carbocycles. The Bertz CT molecular complexity index is 1110. The number of carbonyl (C=O) groups excluding carboxylic acids is 2. The third kappa shape index (κ3) is 4.29. The van der Waals surface area contributed by atoms with Gasteiger partial charge in [-0.05, 0) is 42.8 Å². The van der Waals surface area contributed by atoms with Gasteiger partial charge >= 0.3 is 0 Å². The number of aryl methyl sites for hydroxylation is 1. The number of thioether (sulfide) groups is 1. The molecule has 0 bridgehead atoms. The molecule has 1 N–H and O–H groups in total. The minimum Gasteiger partial charge on any atom is -0.326 e. The lowest BCUT2D eigenvalue weighted by atomic mass is 10.2. The lowest BCUT2D eigenvalue weighted by Crippen LogP contribution is -2.30. The predicted molar refractivity (Wildman–Crippen MR) is 120 cm³/mol. The third-order valence-corrected chi connectivity index (χ3v) is 6.84. The number of para-hydroxylation sites is 1. The zero-order valence-electron chi connectivity index (χ0n) is 15.7. The second kappa shape index (κ2) is 8.14. The number of rotatable bonds is 4. The van der Waals surface area contributed by atoms with Crippen LogP contribution in [0.3, 0.4) is 0 Å². The van der Waals surface area contributed by atoms with Crippen molar-refractivity contribution in [1.82, 2.24) is 9.88 Å². The number of carbonyl (C=O) groups is 2. The van der Waals surface area contributed by atoms with Crippen LogP contribution in [0.2, 0.25) is 5.02 Å². The van der Waals surface area contributed by atoms with Crippen LogP contribution in [0.1, 0.15) is 12.0 Å². The molecule has 0 unspecified atom stereocenters. The summed E-state index contributed by atoms with van der Waals surface area (Å²) < 4.78 is 1.04. The predicted octanol–water partition coefficient (Wildman–Crippen LogP) is 4.85. The van der Waals surface area contributed by atoms with E-state index in [1.54, 1.807) is 25.2 Å². The van der Waals surface area contributed by atoms with Crippen molar-refractivity contribution in [3.05, 3.63) is 53.1 Å². The molecular formula is C20H17ClN4O2S2. The number of halogens is 1. The van der Waals surface area contributed by atoms with Crippen LogP contribution in [0, 0.1) is 6.92 Å². The Morgan fingerprint density at radius 2 is 2.10 bits per heavy atom. The van der Waals surface area contributed by atoms with E-state index in [9.17, 15) is 9.59 Å². The van der Waals surface area contributed by atoms with E-state index in [-0.39, 0.29) is 18.2 Å². The summed E-state index contributed by atoms with van der Waals surface area (Å²) in [4.78, 5) is 35.6. The summed E-state index contributed by atoms with van der Waals surface area (Å²) in [6.45, 7) is 1.87. The summed E-state index contributed by atoms with van der Waals surface area (Å²) in [6.07, 6.45) is 0.0643. The lowest BCUT2D eigenvalue weighted by Gasteiger charge is -2.11. The Morgan fingerprint density at radius 1 is 1.31 bits per heavy atom. The molecule has 1 aliphatic rings. The number of amidine groups is 1. The van der Waals surface area contributed by atoms with Gasteiger partial charge in [0.2, 0.25) is 16.9 Å². The second-order valence-corrected chi connectivity index (χ2v) is 9.19. The summed E-state index contributed by atoms with van der Waals surface area (Å²) in [7, 11) is 1.67. The molecule has 0 radical (unpaired) electrons.